The van der Waals surface area contributed by atoms with Gasteiger partial charge in [-0.2, -0.15) is 0 Å². The quantitative estimate of drug-likeness (QED) is 0.732. The lowest BCUT2D eigenvalue weighted by Crippen LogP contribution is -2.33. The average Bonchev–Trinajstić information content (AvgIpc) is 2.33. The maximum atomic E-state index is 12.0. The first-order valence-corrected chi connectivity index (χ1v) is 5.42. The number of nitrogens with zero attached hydrogens (tertiary/aromatic N) is 1. The molecule has 0 fully saturated rings. The van der Waals surface area contributed by atoms with Gasteiger partial charge < -0.3 is 10.0 Å². The summed E-state index contributed by atoms with van der Waals surface area (Å²) in [5.74, 6) is 0.165. The number of phenols is 1. The van der Waals surface area contributed by atoms with Crippen LogP contribution in [0.4, 0.5) is 0 Å². The third-order valence-corrected chi connectivity index (χ3v) is 2.80. The van der Waals surface area contributed by atoms with Gasteiger partial charge in [-0.3, -0.25) is 4.79 Å². The number of hydrogen-bond acceptors (Lipinski definition) is 2. The highest BCUT2D eigenvalue weighted by atomic mass is 16.3. The number of rotatable bonds is 1. The molecule has 3 heteroatoms. The summed E-state index contributed by atoms with van der Waals surface area (Å²) in [7, 11) is 0. The Morgan fingerprint density at radius 3 is 2.81 bits per heavy atom. The Hall–Kier alpha value is -1.77. The van der Waals surface area contributed by atoms with Gasteiger partial charge >= 0.3 is 0 Å². The normalized spacial score (nSPS) is 15.2. The van der Waals surface area contributed by atoms with Gasteiger partial charge in [0.2, 0.25) is 0 Å². The third-order valence-electron chi connectivity index (χ3n) is 2.80. The number of carbonyl (C=O) groups excluding carboxylic acids is 1. The number of benzene rings is 1. The number of hydrogen-bond donors (Lipinski definition) is 1. The van der Waals surface area contributed by atoms with E-state index in [9.17, 15) is 9.90 Å². The lowest BCUT2D eigenvalue weighted by Gasteiger charge is -2.23. The Morgan fingerprint density at radius 2 is 2.19 bits per heavy atom. The fourth-order valence-electron chi connectivity index (χ4n) is 1.75. The number of aromatic hydroxyl groups is 1. The molecule has 1 heterocycles. The summed E-state index contributed by atoms with van der Waals surface area (Å²) in [5.41, 5.74) is 1.34. The summed E-state index contributed by atoms with van der Waals surface area (Å²) in [6.07, 6.45) is 4.98. The van der Waals surface area contributed by atoms with E-state index in [1.165, 1.54) is 6.07 Å². The van der Waals surface area contributed by atoms with Crippen molar-refractivity contribution in [2.75, 3.05) is 13.1 Å². The van der Waals surface area contributed by atoms with E-state index in [-0.39, 0.29) is 11.7 Å². The van der Waals surface area contributed by atoms with Crippen LogP contribution in [0, 0.1) is 6.92 Å². The summed E-state index contributed by atoms with van der Waals surface area (Å²) < 4.78 is 0. The van der Waals surface area contributed by atoms with Crippen molar-refractivity contribution < 1.29 is 9.90 Å². The Morgan fingerprint density at radius 1 is 1.38 bits per heavy atom. The van der Waals surface area contributed by atoms with Crippen molar-refractivity contribution in [3.8, 4) is 5.75 Å². The van der Waals surface area contributed by atoms with E-state index >= 15 is 0 Å². The van der Waals surface area contributed by atoms with Crippen molar-refractivity contribution in [3.63, 3.8) is 0 Å². The van der Waals surface area contributed by atoms with E-state index in [0.717, 1.165) is 18.5 Å². The summed E-state index contributed by atoms with van der Waals surface area (Å²) in [6, 6.07) is 5.06. The van der Waals surface area contributed by atoms with Crippen LogP contribution in [0.15, 0.2) is 30.4 Å². The maximum Gasteiger partial charge on any atom is 0.254 e. The van der Waals surface area contributed by atoms with Crippen LogP contribution in [0.3, 0.4) is 0 Å². The first-order valence-electron chi connectivity index (χ1n) is 5.42. The average molecular weight is 217 g/mol. The molecule has 0 bridgehead atoms. The summed E-state index contributed by atoms with van der Waals surface area (Å²) >= 11 is 0. The highest BCUT2D eigenvalue weighted by Crippen LogP contribution is 2.19. The fraction of sp³-hybridized carbons (Fsp3) is 0.308. The highest BCUT2D eigenvalue weighted by Gasteiger charge is 2.16. The van der Waals surface area contributed by atoms with Crippen molar-refractivity contribution in [3.05, 3.63) is 41.5 Å². The van der Waals surface area contributed by atoms with Crippen LogP contribution in [0.5, 0.6) is 5.75 Å². The molecular formula is C13H15NO2. The number of carbonyl (C=O) groups is 1. The molecule has 0 radical (unpaired) electrons. The second-order valence-corrected chi connectivity index (χ2v) is 4.01. The fourth-order valence-corrected chi connectivity index (χ4v) is 1.75. The van der Waals surface area contributed by atoms with Gasteiger partial charge in [0.25, 0.3) is 5.91 Å². The van der Waals surface area contributed by atoms with Crippen LogP contribution in [-0.2, 0) is 0 Å². The number of phenolic OH excluding ortho intramolecular Hbond substituents is 1. The summed E-state index contributed by atoms with van der Waals surface area (Å²) in [5, 5.41) is 9.56. The Labute approximate surface area is 95.0 Å². The lowest BCUT2D eigenvalue weighted by atomic mass is 10.1. The molecule has 1 aromatic rings. The topological polar surface area (TPSA) is 40.5 Å². The van der Waals surface area contributed by atoms with Gasteiger partial charge in [0.05, 0.1) is 0 Å². The predicted molar refractivity (Wildman–Crippen MR) is 62.5 cm³/mol. The van der Waals surface area contributed by atoms with Crippen LogP contribution >= 0.6 is 0 Å². The van der Waals surface area contributed by atoms with Crippen molar-refractivity contribution in [2.45, 2.75) is 13.3 Å². The van der Waals surface area contributed by atoms with E-state index in [1.54, 1.807) is 17.0 Å². The van der Waals surface area contributed by atoms with Crippen molar-refractivity contribution in [1.82, 2.24) is 4.90 Å². The van der Waals surface area contributed by atoms with E-state index < -0.39 is 0 Å². The van der Waals surface area contributed by atoms with Crippen molar-refractivity contribution >= 4 is 5.91 Å². The zero-order chi connectivity index (χ0) is 11.5. The Kier molecular flexibility index (Phi) is 2.95. The maximum absolute atomic E-state index is 12.0. The summed E-state index contributed by atoms with van der Waals surface area (Å²) in [6.45, 7) is 3.23. The smallest absolute Gasteiger partial charge is 0.254 e. The van der Waals surface area contributed by atoms with E-state index in [0.29, 0.717) is 12.1 Å². The van der Waals surface area contributed by atoms with Gasteiger partial charge in [0, 0.05) is 18.7 Å². The Balaban J connectivity index is 2.20. The number of aryl methyl sites for hydroxylation is 1. The molecule has 1 aliphatic rings. The molecule has 84 valence electrons. The molecule has 0 aromatic heterocycles. The second kappa shape index (κ2) is 4.39. The first-order chi connectivity index (χ1) is 7.68. The minimum absolute atomic E-state index is 0.0142. The molecule has 1 aliphatic heterocycles. The minimum atomic E-state index is -0.0142. The predicted octanol–water partition coefficient (Wildman–Crippen LogP) is 2.10. The van der Waals surface area contributed by atoms with Crippen LogP contribution in [-0.4, -0.2) is 29.0 Å². The largest absolute Gasteiger partial charge is 0.508 e. The van der Waals surface area contributed by atoms with Crippen LogP contribution in [0.2, 0.25) is 0 Å². The molecule has 2 rings (SSSR count). The van der Waals surface area contributed by atoms with Gasteiger partial charge in [0.15, 0.2) is 0 Å². The molecule has 0 saturated carbocycles. The molecule has 0 saturated heterocycles. The van der Waals surface area contributed by atoms with Crippen molar-refractivity contribution in [2.24, 2.45) is 0 Å². The molecule has 16 heavy (non-hydrogen) atoms. The van der Waals surface area contributed by atoms with Gasteiger partial charge in [-0.05, 0) is 31.0 Å². The van der Waals surface area contributed by atoms with Crippen LogP contribution in [0.25, 0.3) is 0 Å². The first kappa shape index (κ1) is 10.7. The molecule has 0 unspecified atom stereocenters. The Bertz CT molecular complexity index is 438. The SMILES string of the molecule is Cc1ccc(C(=O)N2CC=CCC2)cc1O. The molecule has 1 aromatic carbocycles. The van der Waals surface area contributed by atoms with Crippen LogP contribution < -0.4 is 0 Å². The minimum Gasteiger partial charge on any atom is -0.508 e. The second-order valence-electron chi connectivity index (χ2n) is 4.01. The van der Waals surface area contributed by atoms with E-state index in [1.807, 2.05) is 13.0 Å². The highest BCUT2D eigenvalue weighted by molar-refractivity contribution is 5.94. The van der Waals surface area contributed by atoms with Gasteiger partial charge in [-0.15, -0.1) is 0 Å². The van der Waals surface area contributed by atoms with E-state index in [2.05, 4.69) is 6.08 Å². The zero-order valence-corrected chi connectivity index (χ0v) is 9.31. The van der Waals surface area contributed by atoms with E-state index in [4.69, 9.17) is 0 Å². The molecule has 1 N–H and O–H groups in total. The van der Waals surface area contributed by atoms with Gasteiger partial charge in [-0.1, -0.05) is 18.2 Å². The third kappa shape index (κ3) is 2.08. The molecule has 0 atom stereocenters. The summed E-state index contributed by atoms with van der Waals surface area (Å²) in [4.78, 5) is 13.8. The molecule has 0 spiro atoms. The monoisotopic (exact) mass is 217 g/mol. The molecule has 3 nitrogen and oxygen atoms in total. The van der Waals surface area contributed by atoms with Crippen LogP contribution in [0.1, 0.15) is 22.3 Å². The molecule has 1 amide bonds. The number of amides is 1. The zero-order valence-electron chi connectivity index (χ0n) is 9.31. The van der Waals surface area contributed by atoms with Crippen molar-refractivity contribution in [1.29, 1.82) is 0 Å². The standard InChI is InChI=1S/C13H15NO2/c1-10-5-6-11(9-12(10)15)13(16)14-7-3-2-4-8-14/h2-3,5-6,9,15H,4,7-8H2,1H3. The van der Waals surface area contributed by atoms with Gasteiger partial charge in [-0.25, -0.2) is 0 Å². The molecular weight excluding hydrogens is 202 g/mol. The lowest BCUT2D eigenvalue weighted by molar-refractivity contribution is 0.0770. The van der Waals surface area contributed by atoms with Gasteiger partial charge in [0.1, 0.15) is 5.75 Å². The molecule has 0 aliphatic carbocycles.